The van der Waals surface area contributed by atoms with Gasteiger partial charge in [0.1, 0.15) is 5.75 Å². The molecule has 0 aromatic heterocycles. The van der Waals surface area contributed by atoms with Gasteiger partial charge in [-0.3, -0.25) is 0 Å². The molecule has 0 aliphatic rings. The Morgan fingerprint density at radius 1 is 1.21 bits per heavy atom. The van der Waals surface area contributed by atoms with E-state index in [0.717, 1.165) is 24.2 Å². The zero-order valence-electron chi connectivity index (χ0n) is 8.92. The monoisotopic (exact) mass is 194 g/mol. The fourth-order valence-electron chi connectivity index (χ4n) is 1.56. The molecule has 0 bridgehead atoms. The van der Waals surface area contributed by atoms with E-state index < -0.39 is 0 Å². The molecule has 0 spiro atoms. The Morgan fingerprint density at radius 3 is 2.50 bits per heavy atom. The van der Waals surface area contributed by atoms with Gasteiger partial charge in [-0.15, -0.1) is 0 Å². The molecule has 14 heavy (non-hydrogen) atoms. The van der Waals surface area contributed by atoms with Crippen LogP contribution in [0, 0.1) is 0 Å². The number of hydrogen-bond acceptors (Lipinski definition) is 2. The summed E-state index contributed by atoms with van der Waals surface area (Å²) in [5.41, 5.74) is 2.08. The smallest absolute Gasteiger partial charge is 0.127 e. The molecule has 0 heterocycles. The van der Waals surface area contributed by atoms with Crippen molar-refractivity contribution in [1.29, 1.82) is 0 Å². The van der Waals surface area contributed by atoms with Crippen LogP contribution in [-0.2, 0) is 13.0 Å². The van der Waals surface area contributed by atoms with Crippen molar-refractivity contribution in [3.63, 3.8) is 0 Å². The molecule has 1 rings (SSSR count). The van der Waals surface area contributed by atoms with Crippen LogP contribution in [0.15, 0.2) is 18.2 Å². The van der Waals surface area contributed by atoms with E-state index in [1.807, 2.05) is 19.1 Å². The minimum absolute atomic E-state index is 0.0485. The maximum atomic E-state index is 9.16. The highest BCUT2D eigenvalue weighted by Gasteiger charge is 2.07. The Kier molecular flexibility index (Phi) is 4.47. The first-order valence-electron chi connectivity index (χ1n) is 5.17. The standard InChI is InChI=1S/C12H18O2/c1-3-6-10-7-5-8-11(9-13)12(10)14-4-2/h5,7-8,13H,3-4,6,9H2,1-2H3. The number of para-hydroxylation sites is 1. The third-order valence-electron chi connectivity index (χ3n) is 2.16. The molecule has 0 amide bonds. The lowest BCUT2D eigenvalue weighted by Crippen LogP contribution is -2.01. The van der Waals surface area contributed by atoms with Crippen LogP contribution in [0.2, 0.25) is 0 Å². The summed E-state index contributed by atoms with van der Waals surface area (Å²) in [4.78, 5) is 0. The van der Waals surface area contributed by atoms with Crippen molar-refractivity contribution >= 4 is 0 Å². The van der Waals surface area contributed by atoms with Crippen molar-refractivity contribution in [3.05, 3.63) is 29.3 Å². The van der Waals surface area contributed by atoms with E-state index in [4.69, 9.17) is 9.84 Å². The van der Waals surface area contributed by atoms with Crippen LogP contribution in [0.5, 0.6) is 5.75 Å². The molecule has 0 saturated heterocycles. The van der Waals surface area contributed by atoms with Crippen molar-refractivity contribution < 1.29 is 9.84 Å². The van der Waals surface area contributed by atoms with E-state index >= 15 is 0 Å². The van der Waals surface area contributed by atoms with Crippen LogP contribution in [0.1, 0.15) is 31.4 Å². The molecular formula is C12H18O2. The largest absolute Gasteiger partial charge is 0.493 e. The van der Waals surface area contributed by atoms with Crippen molar-refractivity contribution in [1.82, 2.24) is 0 Å². The lowest BCUT2D eigenvalue weighted by Gasteiger charge is -2.13. The summed E-state index contributed by atoms with van der Waals surface area (Å²) in [6.45, 7) is 4.80. The molecule has 0 radical (unpaired) electrons. The first-order chi connectivity index (χ1) is 6.83. The van der Waals surface area contributed by atoms with Gasteiger partial charge in [0.05, 0.1) is 13.2 Å². The zero-order valence-corrected chi connectivity index (χ0v) is 8.92. The topological polar surface area (TPSA) is 29.5 Å². The van der Waals surface area contributed by atoms with E-state index in [-0.39, 0.29) is 6.61 Å². The molecule has 0 fully saturated rings. The van der Waals surface area contributed by atoms with Gasteiger partial charge >= 0.3 is 0 Å². The van der Waals surface area contributed by atoms with Gasteiger partial charge in [0.2, 0.25) is 0 Å². The van der Waals surface area contributed by atoms with Gasteiger partial charge in [-0.2, -0.15) is 0 Å². The summed E-state index contributed by atoms with van der Waals surface area (Å²) in [5.74, 6) is 0.874. The first-order valence-corrected chi connectivity index (χ1v) is 5.17. The molecule has 1 N–H and O–H groups in total. The highest BCUT2D eigenvalue weighted by atomic mass is 16.5. The summed E-state index contributed by atoms with van der Waals surface area (Å²) in [6.07, 6.45) is 2.10. The molecule has 1 aromatic carbocycles. The van der Waals surface area contributed by atoms with E-state index in [2.05, 4.69) is 13.0 Å². The second kappa shape index (κ2) is 5.66. The Bertz CT molecular complexity index is 282. The van der Waals surface area contributed by atoms with Crippen molar-refractivity contribution in [2.24, 2.45) is 0 Å². The SMILES string of the molecule is CCCc1cccc(CO)c1OCC. The van der Waals surface area contributed by atoms with Crippen LogP contribution in [0.3, 0.4) is 0 Å². The summed E-state index contributed by atoms with van der Waals surface area (Å²) in [7, 11) is 0. The third kappa shape index (κ3) is 2.48. The maximum absolute atomic E-state index is 9.16. The van der Waals surface area contributed by atoms with Crippen LogP contribution in [0.4, 0.5) is 0 Å². The minimum atomic E-state index is 0.0485. The normalized spacial score (nSPS) is 10.2. The predicted molar refractivity (Wildman–Crippen MR) is 57.5 cm³/mol. The molecule has 0 saturated carbocycles. The van der Waals surface area contributed by atoms with Gasteiger partial charge < -0.3 is 9.84 Å². The number of aliphatic hydroxyl groups is 1. The van der Waals surface area contributed by atoms with Crippen LogP contribution in [-0.4, -0.2) is 11.7 Å². The maximum Gasteiger partial charge on any atom is 0.127 e. The minimum Gasteiger partial charge on any atom is -0.493 e. The van der Waals surface area contributed by atoms with Crippen molar-refractivity contribution in [3.8, 4) is 5.75 Å². The fourth-order valence-corrected chi connectivity index (χ4v) is 1.56. The molecule has 0 aliphatic heterocycles. The molecule has 0 aliphatic carbocycles. The van der Waals surface area contributed by atoms with Gasteiger partial charge in [0, 0.05) is 5.56 Å². The molecule has 1 aromatic rings. The average molecular weight is 194 g/mol. The van der Waals surface area contributed by atoms with E-state index in [1.54, 1.807) is 0 Å². The summed E-state index contributed by atoms with van der Waals surface area (Å²) in [6, 6.07) is 5.94. The molecule has 78 valence electrons. The summed E-state index contributed by atoms with van der Waals surface area (Å²) < 4.78 is 5.55. The highest BCUT2D eigenvalue weighted by Crippen LogP contribution is 2.25. The lowest BCUT2D eigenvalue weighted by molar-refractivity contribution is 0.266. The van der Waals surface area contributed by atoms with Gasteiger partial charge in [-0.05, 0) is 18.9 Å². The quantitative estimate of drug-likeness (QED) is 0.780. The summed E-state index contributed by atoms with van der Waals surface area (Å²) in [5, 5.41) is 9.16. The average Bonchev–Trinajstić information content (AvgIpc) is 2.21. The Balaban J connectivity index is 3.00. The number of benzene rings is 1. The summed E-state index contributed by atoms with van der Waals surface area (Å²) >= 11 is 0. The molecule has 0 atom stereocenters. The number of hydrogen-bond donors (Lipinski definition) is 1. The Hall–Kier alpha value is -1.02. The molecular weight excluding hydrogens is 176 g/mol. The lowest BCUT2D eigenvalue weighted by atomic mass is 10.1. The van der Waals surface area contributed by atoms with Gasteiger partial charge in [-0.25, -0.2) is 0 Å². The zero-order chi connectivity index (χ0) is 10.4. The molecule has 2 nitrogen and oxygen atoms in total. The van der Waals surface area contributed by atoms with E-state index in [9.17, 15) is 0 Å². The van der Waals surface area contributed by atoms with Crippen LogP contribution < -0.4 is 4.74 Å². The van der Waals surface area contributed by atoms with Gasteiger partial charge in [-0.1, -0.05) is 31.5 Å². The van der Waals surface area contributed by atoms with Crippen molar-refractivity contribution in [2.75, 3.05) is 6.61 Å². The van der Waals surface area contributed by atoms with Crippen LogP contribution >= 0.6 is 0 Å². The van der Waals surface area contributed by atoms with Crippen molar-refractivity contribution in [2.45, 2.75) is 33.3 Å². The number of aliphatic hydroxyl groups excluding tert-OH is 1. The third-order valence-corrected chi connectivity index (χ3v) is 2.16. The fraction of sp³-hybridized carbons (Fsp3) is 0.500. The number of ether oxygens (including phenoxy) is 1. The van der Waals surface area contributed by atoms with Crippen LogP contribution in [0.25, 0.3) is 0 Å². The number of aryl methyl sites for hydroxylation is 1. The highest BCUT2D eigenvalue weighted by molar-refractivity contribution is 5.41. The Morgan fingerprint density at radius 2 is 1.93 bits per heavy atom. The number of rotatable bonds is 5. The van der Waals surface area contributed by atoms with Gasteiger partial charge in [0.25, 0.3) is 0 Å². The first kappa shape index (κ1) is 11.1. The van der Waals surface area contributed by atoms with Gasteiger partial charge in [0.15, 0.2) is 0 Å². The molecule has 0 unspecified atom stereocenters. The van der Waals surface area contributed by atoms with E-state index in [0.29, 0.717) is 6.61 Å². The second-order valence-electron chi connectivity index (χ2n) is 3.25. The Labute approximate surface area is 85.5 Å². The van der Waals surface area contributed by atoms with E-state index in [1.165, 1.54) is 5.56 Å². The molecule has 2 heteroatoms. The predicted octanol–water partition coefficient (Wildman–Crippen LogP) is 2.53. The second-order valence-corrected chi connectivity index (χ2v) is 3.25.